The van der Waals surface area contributed by atoms with E-state index < -0.39 is 17.7 Å². The largest absolute Gasteiger partial charge is 0.454 e. The molecule has 2 aromatic rings. The highest BCUT2D eigenvalue weighted by Gasteiger charge is 2.22. The lowest BCUT2D eigenvalue weighted by atomic mass is 10.0. The molecule has 1 N–H and O–H groups in total. The summed E-state index contributed by atoms with van der Waals surface area (Å²) in [5.41, 5.74) is 0.629. The Hall–Kier alpha value is -1.85. The summed E-state index contributed by atoms with van der Waals surface area (Å²) in [7, 11) is 0. The summed E-state index contributed by atoms with van der Waals surface area (Å²) < 4.78 is 36.4. The van der Waals surface area contributed by atoms with Gasteiger partial charge in [-0.15, -0.1) is 0 Å². The molecule has 0 fully saturated rings. The van der Waals surface area contributed by atoms with Crippen LogP contribution in [0.25, 0.3) is 0 Å². The van der Waals surface area contributed by atoms with Crippen LogP contribution in [0, 0.1) is 11.6 Å². The lowest BCUT2D eigenvalue weighted by Crippen LogP contribution is -2.01. The Morgan fingerprint density at radius 3 is 2.60 bits per heavy atom. The Morgan fingerprint density at radius 1 is 1.05 bits per heavy atom. The van der Waals surface area contributed by atoms with Crippen molar-refractivity contribution in [2.75, 3.05) is 6.79 Å². The van der Waals surface area contributed by atoms with Crippen molar-refractivity contribution in [1.29, 1.82) is 0 Å². The molecule has 0 saturated heterocycles. The van der Waals surface area contributed by atoms with Gasteiger partial charge < -0.3 is 14.6 Å². The van der Waals surface area contributed by atoms with Crippen molar-refractivity contribution in [2.24, 2.45) is 0 Å². The summed E-state index contributed by atoms with van der Waals surface area (Å²) in [5.74, 6) is -1.17. The molecule has 3 nitrogen and oxygen atoms in total. The maximum Gasteiger partial charge on any atom is 0.231 e. The molecule has 0 spiro atoms. The number of ether oxygens (including phenoxy) is 2. The standard InChI is InChI=1S/C14H9ClF2O3/c15-9-3-8(5-12-14(9)20-6-19-12)13(18)7-1-2-10(16)11(17)4-7/h1-5,13,18H,6H2. The molecule has 1 atom stereocenters. The molecule has 0 aromatic heterocycles. The van der Waals surface area contributed by atoms with Crippen molar-refractivity contribution in [3.8, 4) is 11.5 Å². The third-order valence-corrected chi connectivity index (χ3v) is 3.31. The molecule has 0 aliphatic carbocycles. The molecule has 1 aliphatic rings. The van der Waals surface area contributed by atoms with Crippen molar-refractivity contribution in [2.45, 2.75) is 6.10 Å². The van der Waals surface area contributed by atoms with E-state index >= 15 is 0 Å². The third-order valence-electron chi connectivity index (χ3n) is 3.02. The predicted octanol–water partition coefficient (Wildman–Crippen LogP) is 3.43. The molecule has 1 unspecified atom stereocenters. The minimum atomic E-state index is -1.14. The summed E-state index contributed by atoms with van der Waals surface area (Å²) in [6.07, 6.45) is -1.14. The fourth-order valence-corrected chi connectivity index (χ4v) is 2.29. The van der Waals surface area contributed by atoms with Crippen LogP contribution in [0.2, 0.25) is 5.02 Å². The Labute approximate surface area is 118 Å². The molecule has 20 heavy (non-hydrogen) atoms. The van der Waals surface area contributed by atoms with Gasteiger partial charge in [-0.2, -0.15) is 0 Å². The highest BCUT2D eigenvalue weighted by molar-refractivity contribution is 6.32. The Balaban J connectivity index is 2.00. The van der Waals surface area contributed by atoms with Gasteiger partial charge >= 0.3 is 0 Å². The first-order chi connectivity index (χ1) is 9.56. The maximum atomic E-state index is 13.2. The van der Waals surface area contributed by atoms with Gasteiger partial charge in [-0.05, 0) is 35.4 Å². The van der Waals surface area contributed by atoms with Crippen molar-refractivity contribution in [3.63, 3.8) is 0 Å². The minimum absolute atomic E-state index is 0.0553. The molecular formula is C14H9ClF2O3. The molecule has 1 heterocycles. The van der Waals surface area contributed by atoms with E-state index in [2.05, 4.69) is 0 Å². The smallest absolute Gasteiger partial charge is 0.231 e. The maximum absolute atomic E-state index is 13.2. The van der Waals surface area contributed by atoms with Gasteiger partial charge in [-0.3, -0.25) is 0 Å². The van der Waals surface area contributed by atoms with Crippen molar-refractivity contribution in [3.05, 3.63) is 58.1 Å². The van der Waals surface area contributed by atoms with Crippen LogP contribution in [-0.2, 0) is 0 Å². The van der Waals surface area contributed by atoms with Gasteiger partial charge in [0.2, 0.25) is 6.79 Å². The van der Waals surface area contributed by atoms with Crippen LogP contribution in [0.3, 0.4) is 0 Å². The van der Waals surface area contributed by atoms with Crippen molar-refractivity contribution in [1.82, 2.24) is 0 Å². The zero-order valence-corrected chi connectivity index (χ0v) is 10.8. The average Bonchev–Trinajstić information content (AvgIpc) is 2.90. The summed E-state index contributed by atoms with van der Waals surface area (Å²) >= 11 is 6.01. The predicted molar refractivity (Wildman–Crippen MR) is 68.0 cm³/mol. The molecule has 6 heteroatoms. The number of hydrogen-bond donors (Lipinski definition) is 1. The molecular weight excluding hydrogens is 290 g/mol. The normalized spacial score (nSPS) is 14.4. The number of rotatable bonds is 2. The number of fused-ring (bicyclic) bond motifs is 1. The van der Waals surface area contributed by atoms with Crippen LogP contribution in [-0.4, -0.2) is 11.9 Å². The van der Waals surface area contributed by atoms with Crippen LogP contribution in [0.5, 0.6) is 11.5 Å². The second-order valence-electron chi connectivity index (χ2n) is 4.31. The van der Waals surface area contributed by atoms with Gasteiger partial charge in [0.05, 0.1) is 5.02 Å². The van der Waals surface area contributed by atoms with Crippen LogP contribution in [0.1, 0.15) is 17.2 Å². The van der Waals surface area contributed by atoms with Crippen LogP contribution in [0.15, 0.2) is 30.3 Å². The number of aliphatic hydroxyl groups excluding tert-OH is 1. The van der Waals surface area contributed by atoms with Crippen molar-refractivity contribution < 1.29 is 23.4 Å². The van der Waals surface area contributed by atoms with E-state index in [0.717, 1.165) is 12.1 Å². The van der Waals surface area contributed by atoms with E-state index in [9.17, 15) is 13.9 Å². The molecule has 2 aromatic carbocycles. The average molecular weight is 299 g/mol. The summed E-state index contributed by atoms with van der Waals surface area (Å²) in [4.78, 5) is 0. The topological polar surface area (TPSA) is 38.7 Å². The fourth-order valence-electron chi connectivity index (χ4n) is 2.02. The number of hydrogen-bond acceptors (Lipinski definition) is 3. The Bertz CT molecular complexity index is 676. The zero-order valence-electron chi connectivity index (χ0n) is 10.1. The first kappa shape index (κ1) is 13.1. The van der Waals surface area contributed by atoms with Gasteiger partial charge in [-0.1, -0.05) is 17.7 Å². The first-order valence-corrected chi connectivity index (χ1v) is 6.16. The third kappa shape index (κ3) is 2.19. The molecule has 0 radical (unpaired) electrons. The molecule has 0 amide bonds. The highest BCUT2D eigenvalue weighted by Crippen LogP contribution is 2.41. The van der Waals surface area contributed by atoms with E-state index in [0.29, 0.717) is 17.1 Å². The number of benzene rings is 2. The van der Waals surface area contributed by atoms with Gasteiger partial charge in [0.15, 0.2) is 23.1 Å². The van der Waals surface area contributed by atoms with Crippen LogP contribution in [0.4, 0.5) is 8.78 Å². The molecule has 1 aliphatic heterocycles. The molecule has 3 rings (SSSR count). The highest BCUT2D eigenvalue weighted by atomic mass is 35.5. The molecule has 0 saturated carbocycles. The summed E-state index contributed by atoms with van der Waals surface area (Å²) in [6.45, 7) is 0.0553. The van der Waals surface area contributed by atoms with E-state index in [-0.39, 0.29) is 17.4 Å². The SMILES string of the molecule is OC(c1ccc(F)c(F)c1)c1cc(Cl)c2c(c1)OCO2. The van der Waals surface area contributed by atoms with Crippen molar-refractivity contribution >= 4 is 11.6 Å². The van der Waals surface area contributed by atoms with Gasteiger partial charge in [0.25, 0.3) is 0 Å². The lowest BCUT2D eigenvalue weighted by Gasteiger charge is -2.13. The van der Waals surface area contributed by atoms with Gasteiger partial charge in [0, 0.05) is 0 Å². The molecule has 0 bridgehead atoms. The van der Waals surface area contributed by atoms with E-state index in [1.807, 2.05) is 0 Å². The second kappa shape index (κ2) is 4.92. The number of aliphatic hydroxyl groups is 1. The van der Waals surface area contributed by atoms with Gasteiger partial charge in [-0.25, -0.2) is 8.78 Å². The lowest BCUT2D eigenvalue weighted by molar-refractivity contribution is 0.173. The Kier molecular flexibility index (Phi) is 3.23. The second-order valence-corrected chi connectivity index (χ2v) is 4.72. The number of halogens is 3. The minimum Gasteiger partial charge on any atom is -0.454 e. The Morgan fingerprint density at radius 2 is 1.85 bits per heavy atom. The first-order valence-electron chi connectivity index (χ1n) is 5.78. The zero-order chi connectivity index (χ0) is 14.3. The molecule has 104 valence electrons. The fraction of sp³-hybridized carbons (Fsp3) is 0.143. The summed E-state index contributed by atoms with van der Waals surface area (Å²) in [5, 5.41) is 10.5. The van der Waals surface area contributed by atoms with Gasteiger partial charge in [0.1, 0.15) is 6.10 Å². The van der Waals surface area contributed by atoms with E-state index in [4.69, 9.17) is 21.1 Å². The monoisotopic (exact) mass is 298 g/mol. The van der Waals surface area contributed by atoms with E-state index in [1.54, 1.807) is 6.07 Å². The van der Waals surface area contributed by atoms with E-state index in [1.165, 1.54) is 12.1 Å². The van der Waals surface area contributed by atoms with Crippen LogP contribution >= 0.6 is 11.6 Å². The quantitative estimate of drug-likeness (QED) is 0.923. The van der Waals surface area contributed by atoms with Crippen LogP contribution < -0.4 is 9.47 Å². The summed E-state index contributed by atoms with van der Waals surface area (Å²) in [6, 6.07) is 6.27.